The van der Waals surface area contributed by atoms with Crippen molar-refractivity contribution in [1.29, 1.82) is 0 Å². The average Bonchev–Trinajstić information content (AvgIpc) is 1.27. The zero-order valence-corrected chi connectivity index (χ0v) is 6.63. The van der Waals surface area contributed by atoms with Crippen LogP contribution in [0.15, 0.2) is 0 Å². The normalized spacial score (nSPS) is 10.0. The molecular formula is C4H12AlN2+. The second-order valence-electron chi connectivity index (χ2n) is 2.04. The number of hydrogen-bond acceptors (Lipinski definition) is 2. The van der Waals surface area contributed by atoms with Crippen molar-refractivity contribution < 1.29 is 0 Å². The predicted molar refractivity (Wildman–Crippen MR) is 33.1 cm³/mol. The fourth-order valence-corrected chi connectivity index (χ4v) is 1.39. The zero-order chi connectivity index (χ0) is 5.86. The van der Waals surface area contributed by atoms with Gasteiger partial charge < -0.3 is 0 Å². The van der Waals surface area contributed by atoms with Crippen LogP contribution in [0.4, 0.5) is 0 Å². The van der Waals surface area contributed by atoms with Gasteiger partial charge in [-0.3, -0.25) is 0 Å². The Labute approximate surface area is 52.2 Å². The van der Waals surface area contributed by atoms with Gasteiger partial charge in [0.2, 0.25) is 0 Å². The third-order valence-electron chi connectivity index (χ3n) is 0.462. The molecule has 0 unspecified atom stereocenters. The van der Waals surface area contributed by atoms with Crippen LogP contribution in [-0.4, -0.2) is 51.6 Å². The van der Waals surface area contributed by atoms with Crippen molar-refractivity contribution in [3.63, 3.8) is 0 Å². The van der Waals surface area contributed by atoms with Crippen molar-refractivity contribution >= 4 is 15.7 Å². The van der Waals surface area contributed by atoms with E-state index < -0.39 is 0 Å². The molecule has 0 saturated carbocycles. The van der Waals surface area contributed by atoms with Crippen LogP contribution in [0.5, 0.6) is 0 Å². The Balaban J connectivity index is 2.95. The van der Waals surface area contributed by atoms with Gasteiger partial charge in [0.1, 0.15) is 0 Å². The zero-order valence-electron chi connectivity index (χ0n) is 5.47. The molecule has 0 saturated heterocycles. The summed E-state index contributed by atoms with van der Waals surface area (Å²) in [5, 5.41) is 0. The molecular weight excluding hydrogens is 103 g/mol. The standard InChI is InChI=1S/2C2H6N.Al/c2*1-3-2;/h2*1-2H3;/q2*-1;+3. The molecule has 7 heavy (non-hydrogen) atoms. The van der Waals surface area contributed by atoms with E-state index in [0.29, 0.717) is 15.7 Å². The van der Waals surface area contributed by atoms with E-state index in [0.717, 1.165) is 0 Å². The summed E-state index contributed by atoms with van der Waals surface area (Å²) in [5.41, 5.74) is 0. The molecule has 3 heteroatoms. The van der Waals surface area contributed by atoms with Gasteiger partial charge in [-0.15, -0.1) is 0 Å². The van der Waals surface area contributed by atoms with E-state index in [4.69, 9.17) is 0 Å². The summed E-state index contributed by atoms with van der Waals surface area (Å²) in [7, 11) is 8.37. The number of nitrogens with zero attached hydrogens (tertiary/aromatic N) is 2. The van der Waals surface area contributed by atoms with Gasteiger partial charge in [-0.05, 0) is 0 Å². The third-order valence-corrected chi connectivity index (χ3v) is 1.39. The molecule has 0 fully saturated rings. The Morgan fingerprint density at radius 2 is 1.14 bits per heavy atom. The van der Waals surface area contributed by atoms with E-state index >= 15 is 0 Å². The van der Waals surface area contributed by atoms with E-state index in [-0.39, 0.29) is 0 Å². The molecule has 0 bridgehead atoms. The summed E-state index contributed by atoms with van der Waals surface area (Å²) >= 11 is 0.380. The molecule has 0 aliphatic heterocycles. The van der Waals surface area contributed by atoms with Crippen LogP contribution < -0.4 is 0 Å². The van der Waals surface area contributed by atoms with Crippen molar-refractivity contribution in [3.8, 4) is 0 Å². The Morgan fingerprint density at radius 3 is 1.14 bits per heavy atom. The van der Waals surface area contributed by atoms with Crippen molar-refractivity contribution in [2.24, 2.45) is 0 Å². The van der Waals surface area contributed by atoms with E-state index in [2.05, 4.69) is 36.0 Å². The number of hydrogen-bond donors (Lipinski definition) is 0. The molecule has 2 nitrogen and oxygen atoms in total. The molecule has 0 heterocycles. The second-order valence-corrected chi connectivity index (χ2v) is 4.34. The minimum absolute atomic E-state index is 0.380. The van der Waals surface area contributed by atoms with Gasteiger partial charge in [0.25, 0.3) is 0 Å². The summed E-state index contributed by atoms with van der Waals surface area (Å²) in [6.45, 7) is 0. The SMILES string of the molecule is C[N](C)[Al+][N](C)C. The van der Waals surface area contributed by atoms with Crippen molar-refractivity contribution in [3.05, 3.63) is 0 Å². The van der Waals surface area contributed by atoms with Gasteiger partial charge >= 0.3 is 51.6 Å². The molecule has 0 aromatic heterocycles. The molecule has 0 aromatic carbocycles. The summed E-state index contributed by atoms with van der Waals surface area (Å²) in [6, 6.07) is 0. The fourth-order valence-electron chi connectivity index (χ4n) is 0.462. The summed E-state index contributed by atoms with van der Waals surface area (Å²) in [6.07, 6.45) is 0. The molecule has 0 rings (SSSR count). The van der Waals surface area contributed by atoms with Crippen LogP contribution in [0, 0.1) is 0 Å². The van der Waals surface area contributed by atoms with Crippen LogP contribution in [0.2, 0.25) is 0 Å². The summed E-state index contributed by atoms with van der Waals surface area (Å²) in [4.78, 5) is 0. The first-order valence-electron chi connectivity index (χ1n) is 2.31. The van der Waals surface area contributed by atoms with Gasteiger partial charge in [0.05, 0.1) is 0 Å². The van der Waals surface area contributed by atoms with E-state index in [9.17, 15) is 0 Å². The second kappa shape index (κ2) is 3.45. The van der Waals surface area contributed by atoms with Gasteiger partial charge in [0.15, 0.2) is 0 Å². The molecule has 0 amide bonds. The Hall–Kier alpha value is 0.452. The van der Waals surface area contributed by atoms with Gasteiger partial charge in [0, 0.05) is 0 Å². The topological polar surface area (TPSA) is 6.48 Å². The van der Waals surface area contributed by atoms with Crippen LogP contribution in [0.1, 0.15) is 0 Å². The molecule has 0 aliphatic rings. The van der Waals surface area contributed by atoms with Crippen molar-refractivity contribution in [2.75, 3.05) is 28.2 Å². The molecule has 0 aliphatic carbocycles. The molecule has 0 N–H and O–H groups in total. The maximum atomic E-state index is 2.21. The monoisotopic (exact) mass is 115 g/mol. The molecule has 40 valence electrons. The molecule has 0 aromatic rings. The average molecular weight is 115 g/mol. The Morgan fingerprint density at radius 1 is 0.857 bits per heavy atom. The Kier molecular flexibility index (Phi) is 3.68. The first-order valence-corrected chi connectivity index (χ1v) is 3.34. The first kappa shape index (κ1) is 7.45. The quantitative estimate of drug-likeness (QED) is 0.454. The third kappa shape index (κ3) is 6.45. The van der Waals surface area contributed by atoms with Gasteiger partial charge in [-0.1, -0.05) is 0 Å². The van der Waals surface area contributed by atoms with Crippen LogP contribution in [0.3, 0.4) is 0 Å². The van der Waals surface area contributed by atoms with E-state index in [1.54, 1.807) is 0 Å². The maximum absolute atomic E-state index is 2.21. The Bertz CT molecular complexity index is 39.0. The van der Waals surface area contributed by atoms with Crippen LogP contribution >= 0.6 is 0 Å². The summed E-state index contributed by atoms with van der Waals surface area (Å²) in [5.74, 6) is 0. The molecule has 0 atom stereocenters. The van der Waals surface area contributed by atoms with Crippen molar-refractivity contribution in [1.82, 2.24) is 7.77 Å². The number of rotatable bonds is 2. The van der Waals surface area contributed by atoms with Gasteiger partial charge in [-0.25, -0.2) is 0 Å². The predicted octanol–water partition coefficient (Wildman–Crippen LogP) is -0.356. The first-order chi connectivity index (χ1) is 3.13. The van der Waals surface area contributed by atoms with E-state index in [1.807, 2.05) is 0 Å². The molecule has 0 radical (unpaired) electrons. The summed E-state index contributed by atoms with van der Waals surface area (Å²) < 4.78 is 4.42. The minimum atomic E-state index is 0.380. The van der Waals surface area contributed by atoms with Crippen molar-refractivity contribution in [2.45, 2.75) is 0 Å². The van der Waals surface area contributed by atoms with E-state index in [1.165, 1.54) is 0 Å². The van der Waals surface area contributed by atoms with Gasteiger partial charge in [-0.2, -0.15) is 0 Å². The van der Waals surface area contributed by atoms with Crippen LogP contribution in [0.25, 0.3) is 0 Å². The van der Waals surface area contributed by atoms with Crippen LogP contribution in [-0.2, 0) is 0 Å². The molecule has 0 spiro atoms. The fraction of sp³-hybridized carbons (Fsp3) is 1.00.